The van der Waals surface area contributed by atoms with Crippen LogP contribution in [0.4, 0.5) is 0 Å². The van der Waals surface area contributed by atoms with E-state index in [4.69, 9.17) is 5.41 Å². The van der Waals surface area contributed by atoms with Gasteiger partial charge in [-0.3, -0.25) is 5.41 Å². The number of hydrogen-bond acceptors (Lipinski definition) is 3. The third-order valence-electron chi connectivity index (χ3n) is 3.89. The number of thioether (sulfide) groups is 1. The van der Waals surface area contributed by atoms with Gasteiger partial charge in [-0.2, -0.15) is 11.8 Å². The van der Waals surface area contributed by atoms with E-state index in [9.17, 15) is 0 Å². The van der Waals surface area contributed by atoms with Gasteiger partial charge in [0.2, 0.25) is 0 Å². The lowest BCUT2D eigenvalue weighted by atomic mass is 10.0. The van der Waals surface area contributed by atoms with Gasteiger partial charge in [-0.05, 0) is 19.9 Å². The lowest BCUT2D eigenvalue weighted by molar-refractivity contribution is 0.214. The molecule has 0 spiro atoms. The first-order valence-corrected chi connectivity index (χ1v) is 7.93. The number of hydrogen-bond donors (Lipinski definition) is 1. The molecular weight excluding hydrogens is 230 g/mol. The average molecular weight is 255 g/mol. The van der Waals surface area contributed by atoms with Gasteiger partial charge in [0.05, 0.1) is 5.75 Å². The van der Waals surface area contributed by atoms with E-state index >= 15 is 0 Å². The molecule has 2 rings (SSSR count). The fourth-order valence-corrected chi connectivity index (χ4v) is 3.84. The third kappa shape index (κ3) is 4.18. The predicted molar refractivity (Wildman–Crippen MR) is 76.1 cm³/mol. The molecule has 0 bridgehead atoms. The van der Waals surface area contributed by atoms with E-state index in [2.05, 4.69) is 16.8 Å². The van der Waals surface area contributed by atoms with Crippen molar-refractivity contribution >= 4 is 17.6 Å². The second-order valence-electron chi connectivity index (χ2n) is 5.31. The van der Waals surface area contributed by atoms with Crippen LogP contribution in [0, 0.1) is 5.41 Å². The fraction of sp³-hybridized carbons (Fsp3) is 0.923. The smallest absolute Gasteiger partial charge is 0.106 e. The van der Waals surface area contributed by atoms with Gasteiger partial charge in [-0.15, -0.1) is 0 Å². The van der Waals surface area contributed by atoms with Crippen molar-refractivity contribution in [3.63, 3.8) is 0 Å². The van der Waals surface area contributed by atoms with Crippen LogP contribution >= 0.6 is 11.8 Å². The number of nitrogens with zero attached hydrogens (tertiary/aromatic N) is 2. The Morgan fingerprint density at radius 3 is 2.41 bits per heavy atom. The molecule has 4 heteroatoms. The molecule has 1 saturated heterocycles. The standard InChI is InChI=1S/C13H25N3S/c1-15-7-9-16(10-8-15)13(14)11-17-12-5-3-2-4-6-12/h12,14H,2-11H2,1H3. The Labute approximate surface area is 109 Å². The lowest BCUT2D eigenvalue weighted by Crippen LogP contribution is -2.47. The van der Waals surface area contributed by atoms with E-state index in [1.54, 1.807) is 0 Å². The van der Waals surface area contributed by atoms with Gasteiger partial charge >= 0.3 is 0 Å². The molecule has 98 valence electrons. The molecule has 1 aliphatic heterocycles. The Morgan fingerprint density at radius 2 is 1.76 bits per heavy atom. The quantitative estimate of drug-likeness (QED) is 0.620. The summed E-state index contributed by atoms with van der Waals surface area (Å²) in [5.74, 6) is 1.78. The molecule has 0 amide bonds. The zero-order valence-electron chi connectivity index (χ0n) is 11.0. The Bertz CT molecular complexity index is 243. The average Bonchev–Trinajstić information content (AvgIpc) is 2.38. The number of likely N-dealkylation sites (N-methyl/N-ethyl adjacent to an activating group) is 1. The van der Waals surface area contributed by atoms with Gasteiger partial charge in [-0.1, -0.05) is 19.3 Å². The minimum atomic E-state index is 0.830. The molecule has 1 N–H and O–H groups in total. The Hall–Kier alpha value is -0.220. The monoisotopic (exact) mass is 255 g/mol. The normalized spacial score (nSPS) is 23.9. The topological polar surface area (TPSA) is 30.3 Å². The van der Waals surface area contributed by atoms with Gasteiger partial charge in [-0.25, -0.2) is 0 Å². The van der Waals surface area contributed by atoms with E-state index in [1.165, 1.54) is 32.1 Å². The summed E-state index contributed by atoms with van der Waals surface area (Å²) < 4.78 is 0. The molecule has 17 heavy (non-hydrogen) atoms. The summed E-state index contributed by atoms with van der Waals surface area (Å²) in [6.07, 6.45) is 6.98. The number of nitrogens with one attached hydrogen (secondary N) is 1. The summed E-state index contributed by atoms with van der Waals surface area (Å²) in [7, 11) is 2.16. The van der Waals surface area contributed by atoms with E-state index in [-0.39, 0.29) is 0 Å². The second kappa shape index (κ2) is 6.64. The molecule has 2 fully saturated rings. The number of rotatable bonds is 3. The van der Waals surface area contributed by atoms with Crippen molar-refractivity contribution in [2.24, 2.45) is 0 Å². The molecule has 0 atom stereocenters. The van der Waals surface area contributed by atoms with Crippen molar-refractivity contribution in [1.29, 1.82) is 5.41 Å². The zero-order chi connectivity index (χ0) is 12.1. The van der Waals surface area contributed by atoms with Crippen molar-refractivity contribution in [2.45, 2.75) is 37.4 Å². The van der Waals surface area contributed by atoms with Crippen LogP contribution in [0.2, 0.25) is 0 Å². The second-order valence-corrected chi connectivity index (χ2v) is 6.60. The van der Waals surface area contributed by atoms with Crippen molar-refractivity contribution in [3.05, 3.63) is 0 Å². The van der Waals surface area contributed by atoms with Gasteiger partial charge in [0, 0.05) is 31.4 Å². The Kier molecular flexibility index (Phi) is 5.16. The highest BCUT2D eigenvalue weighted by atomic mass is 32.2. The molecule has 0 aromatic heterocycles. The van der Waals surface area contributed by atoms with Gasteiger partial charge in [0.25, 0.3) is 0 Å². The first kappa shape index (κ1) is 13.2. The molecular formula is C13H25N3S. The van der Waals surface area contributed by atoms with Crippen molar-refractivity contribution in [1.82, 2.24) is 9.80 Å². The summed E-state index contributed by atoms with van der Waals surface area (Å²) in [6, 6.07) is 0. The number of amidine groups is 1. The first-order valence-electron chi connectivity index (χ1n) is 6.88. The molecule has 1 aliphatic carbocycles. The minimum Gasteiger partial charge on any atom is -0.357 e. The van der Waals surface area contributed by atoms with Crippen LogP contribution in [0.3, 0.4) is 0 Å². The van der Waals surface area contributed by atoms with Crippen molar-refractivity contribution in [2.75, 3.05) is 39.0 Å². The van der Waals surface area contributed by atoms with Gasteiger partial charge in [0.15, 0.2) is 0 Å². The molecule has 1 saturated carbocycles. The van der Waals surface area contributed by atoms with Crippen molar-refractivity contribution in [3.8, 4) is 0 Å². The van der Waals surface area contributed by atoms with Gasteiger partial charge < -0.3 is 9.80 Å². The number of piperazine rings is 1. The summed E-state index contributed by atoms with van der Waals surface area (Å²) in [5.41, 5.74) is 0. The largest absolute Gasteiger partial charge is 0.357 e. The maximum absolute atomic E-state index is 8.15. The summed E-state index contributed by atoms with van der Waals surface area (Å²) in [5, 5.41) is 8.98. The molecule has 3 nitrogen and oxygen atoms in total. The van der Waals surface area contributed by atoms with E-state index in [1.807, 2.05) is 11.8 Å². The van der Waals surface area contributed by atoms with E-state index in [0.29, 0.717) is 0 Å². The van der Waals surface area contributed by atoms with Crippen LogP contribution in [0.15, 0.2) is 0 Å². The zero-order valence-corrected chi connectivity index (χ0v) is 11.8. The van der Waals surface area contributed by atoms with Crippen molar-refractivity contribution < 1.29 is 0 Å². The van der Waals surface area contributed by atoms with Gasteiger partial charge in [0.1, 0.15) is 5.84 Å². The lowest BCUT2D eigenvalue weighted by Gasteiger charge is -2.34. The Balaban J connectivity index is 1.66. The van der Waals surface area contributed by atoms with E-state index < -0.39 is 0 Å². The minimum absolute atomic E-state index is 0.830. The maximum Gasteiger partial charge on any atom is 0.106 e. The highest BCUT2D eigenvalue weighted by Gasteiger charge is 2.19. The third-order valence-corrected chi connectivity index (χ3v) is 5.28. The van der Waals surface area contributed by atoms with Crippen LogP contribution in [0.5, 0.6) is 0 Å². The van der Waals surface area contributed by atoms with Crippen LogP contribution in [-0.4, -0.2) is 59.9 Å². The highest BCUT2D eigenvalue weighted by Crippen LogP contribution is 2.28. The molecule has 2 aliphatic rings. The highest BCUT2D eigenvalue weighted by molar-refractivity contribution is 8.00. The summed E-state index contributed by atoms with van der Waals surface area (Å²) in [6.45, 7) is 4.30. The SMILES string of the molecule is CN1CCN(C(=N)CSC2CCCCC2)CC1. The van der Waals surface area contributed by atoms with Crippen LogP contribution in [-0.2, 0) is 0 Å². The molecule has 0 aromatic rings. The van der Waals surface area contributed by atoms with Crippen LogP contribution in [0.25, 0.3) is 0 Å². The molecule has 0 radical (unpaired) electrons. The first-order chi connectivity index (χ1) is 8.25. The van der Waals surface area contributed by atoms with Crippen LogP contribution in [0.1, 0.15) is 32.1 Å². The Morgan fingerprint density at radius 1 is 1.12 bits per heavy atom. The molecule has 0 aromatic carbocycles. The predicted octanol–water partition coefficient (Wildman–Crippen LogP) is 2.28. The summed E-state index contributed by atoms with van der Waals surface area (Å²) >= 11 is 2.02. The maximum atomic E-state index is 8.15. The molecule has 0 unspecified atom stereocenters. The van der Waals surface area contributed by atoms with Crippen LogP contribution < -0.4 is 0 Å². The fourth-order valence-electron chi connectivity index (χ4n) is 2.60. The summed E-state index contributed by atoms with van der Waals surface area (Å²) in [4.78, 5) is 4.61. The molecule has 1 heterocycles. The van der Waals surface area contributed by atoms with E-state index in [0.717, 1.165) is 43.0 Å².